The average Bonchev–Trinajstić information content (AvgIpc) is 2.68. The zero-order chi connectivity index (χ0) is 15.8. The lowest BCUT2D eigenvalue weighted by atomic mass is 10.2. The van der Waals surface area contributed by atoms with Crippen molar-refractivity contribution in [1.29, 1.82) is 0 Å². The average molecular weight is 329 g/mol. The standard InChI is InChI=1S/C12H12FN3O3S2/c1-6-11(7(2)19-15-6)21(17,18)16-9-5-3-4-8(13)10(9)12(14)20/h3-5,16H,1-2H3,(H2,14,20). The second-order valence-corrected chi connectivity index (χ2v) is 6.34. The predicted molar refractivity (Wildman–Crippen MR) is 79.1 cm³/mol. The maximum atomic E-state index is 13.7. The first-order chi connectivity index (χ1) is 9.74. The minimum Gasteiger partial charge on any atom is -0.389 e. The molecule has 0 radical (unpaired) electrons. The first-order valence-electron chi connectivity index (χ1n) is 5.78. The molecule has 0 saturated heterocycles. The lowest BCUT2D eigenvalue weighted by Gasteiger charge is -2.12. The molecule has 0 unspecified atom stereocenters. The van der Waals surface area contributed by atoms with Crippen LogP contribution in [0.1, 0.15) is 17.0 Å². The second-order valence-electron chi connectivity index (χ2n) is 4.29. The number of nitrogens with zero attached hydrogens (tertiary/aromatic N) is 1. The molecule has 1 heterocycles. The molecule has 1 aromatic carbocycles. The van der Waals surface area contributed by atoms with E-state index in [0.717, 1.165) is 6.07 Å². The van der Waals surface area contributed by atoms with Gasteiger partial charge in [-0.1, -0.05) is 23.4 Å². The van der Waals surface area contributed by atoms with E-state index in [1.165, 1.54) is 26.0 Å². The van der Waals surface area contributed by atoms with Crippen molar-refractivity contribution < 1.29 is 17.3 Å². The SMILES string of the molecule is Cc1noc(C)c1S(=O)(=O)Nc1cccc(F)c1C(N)=S. The Morgan fingerprint density at radius 1 is 1.43 bits per heavy atom. The Kier molecular flexibility index (Phi) is 3.97. The molecule has 9 heteroatoms. The molecule has 6 nitrogen and oxygen atoms in total. The lowest BCUT2D eigenvalue weighted by molar-refractivity contribution is 0.390. The second kappa shape index (κ2) is 5.41. The van der Waals surface area contributed by atoms with Gasteiger partial charge in [-0.3, -0.25) is 4.72 Å². The highest BCUT2D eigenvalue weighted by atomic mass is 32.2. The van der Waals surface area contributed by atoms with Crippen molar-refractivity contribution in [3.05, 3.63) is 41.0 Å². The van der Waals surface area contributed by atoms with Crippen LogP contribution in [0.4, 0.5) is 10.1 Å². The van der Waals surface area contributed by atoms with Crippen molar-refractivity contribution in [1.82, 2.24) is 5.16 Å². The van der Waals surface area contributed by atoms with E-state index in [0.29, 0.717) is 0 Å². The fourth-order valence-corrected chi connectivity index (χ4v) is 3.52. The summed E-state index contributed by atoms with van der Waals surface area (Å²) in [6, 6.07) is 3.86. The molecule has 2 aromatic rings. The van der Waals surface area contributed by atoms with Crippen LogP contribution in [-0.4, -0.2) is 18.6 Å². The number of thiocarbonyl (C=S) groups is 1. The molecule has 0 aliphatic rings. The molecule has 21 heavy (non-hydrogen) atoms. The highest BCUT2D eigenvalue weighted by Crippen LogP contribution is 2.25. The highest BCUT2D eigenvalue weighted by molar-refractivity contribution is 7.92. The third kappa shape index (κ3) is 2.88. The fourth-order valence-electron chi connectivity index (χ4n) is 1.91. The van der Waals surface area contributed by atoms with E-state index in [-0.39, 0.29) is 32.6 Å². The molecule has 0 saturated carbocycles. The van der Waals surface area contributed by atoms with Crippen LogP contribution in [-0.2, 0) is 10.0 Å². The number of anilines is 1. The number of rotatable bonds is 4. The molecule has 3 N–H and O–H groups in total. The first-order valence-corrected chi connectivity index (χ1v) is 7.67. The van der Waals surface area contributed by atoms with E-state index >= 15 is 0 Å². The number of halogens is 1. The van der Waals surface area contributed by atoms with Crippen LogP contribution >= 0.6 is 12.2 Å². The van der Waals surface area contributed by atoms with Crippen LogP contribution in [0.25, 0.3) is 0 Å². The molecule has 112 valence electrons. The topological polar surface area (TPSA) is 98.2 Å². The summed E-state index contributed by atoms with van der Waals surface area (Å²) in [6.07, 6.45) is 0. The number of sulfonamides is 1. The predicted octanol–water partition coefficient (Wildman–Crippen LogP) is 1.87. The molecule has 0 fully saturated rings. The van der Waals surface area contributed by atoms with Gasteiger partial charge in [-0.15, -0.1) is 0 Å². The van der Waals surface area contributed by atoms with Gasteiger partial charge in [0.05, 0.1) is 11.3 Å². The zero-order valence-corrected chi connectivity index (χ0v) is 12.8. The van der Waals surface area contributed by atoms with E-state index in [1.54, 1.807) is 0 Å². The minimum absolute atomic E-state index is 0.0394. The number of hydrogen-bond donors (Lipinski definition) is 2. The van der Waals surface area contributed by atoms with Crippen LogP contribution in [0.5, 0.6) is 0 Å². The highest BCUT2D eigenvalue weighted by Gasteiger charge is 2.26. The van der Waals surface area contributed by atoms with Gasteiger partial charge in [0, 0.05) is 0 Å². The monoisotopic (exact) mass is 329 g/mol. The zero-order valence-electron chi connectivity index (χ0n) is 11.2. The number of nitrogens with one attached hydrogen (secondary N) is 1. The first kappa shape index (κ1) is 15.4. The number of aromatic nitrogens is 1. The Hall–Kier alpha value is -2.00. The van der Waals surface area contributed by atoms with Gasteiger partial charge >= 0.3 is 0 Å². The van der Waals surface area contributed by atoms with Gasteiger partial charge in [0.25, 0.3) is 10.0 Å². The van der Waals surface area contributed by atoms with E-state index < -0.39 is 15.8 Å². The molecule has 0 amide bonds. The van der Waals surface area contributed by atoms with Crippen LogP contribution in [0.3, 0.4) is 0 Å². The number of hydrogen-bond acceptors (Lipinski definition) is 5. The Labute approximate surface area is 126 Å². The summed E-state index contributed by atoms with van der Waals surface area (Å²) in [7, 11) is -3.99. The number of nitrogens with two attached hydrogens (primary N) is 1. The van der Waals surface area contributed by atoms with Gasteiger partial charge in [-0.2, -0.15) is 0 Å². The summed E-state index contributed by atoms with van der Waals surface area (Å²) < 4.78 is 45.6. The third-order valence-corrected chi connectivity index (χ3v) is 4.55. The molecule has 0 atom stereocenters. The Bertz CT molecular complexity index is 796. The number of benzene rings is 1. The smallest absolute Gasteiger partial charge is 0.267 e. The van der Waals surface area contributed by atoms with Crippen molar-refractivity contribution in [3.63, 3.8) is 0 Å². The Morgan fingerprint density at radius 3 is 2.62 bits per heavy atom. The molecule has 0 bridgehead atoms. The summed E-state index contributed by atoms with van der Waals surface area (Å²) in [6.45, 7) is 2.96. The summed E-state index contributed by atoms with van der Waals surface area (Å²) in [5.41, 5.74) is 5.44. The summed E-state index contributed by atoms with van der Waals surface area (Å²) in [5, 5.41) is 3.58. The van der Waals surface area contributed by atoms with E-state index in [4.69, 9.17) is 22.5 Å². The van der Waals surface area contributed by atoms with Crippen molar-refractivity contribution in [2.45, 2.75) is 18.7 Å². The third-order valence-electron chi connectivity index (χ3n) is 2.74. The molecule has 0 aliphatic carbocycles. The molecule has 0 spiro atoms. The van der Waals surface area contributed by atoms with Crippen molar-refractivity contribution >= 4 is 32.9 Å². The van der Waals surface area contributed by atoms with Gasteiger partial charge in [-0.05, 0) is 26.0 Å². The van der Waals surface area contributed by atoms with Crippen LogP contribution in [0, 0.1) is 19.7 Å². The van der Waals surface area contributed by atoms with Crippen molar-refractivity contribution in [2.24, 2.45) is 5.73 Å². The maximum Gasteiger partial charge on any atom is 0.267 e. The summed E-state index contributed by atoms with van der Waals surface area (Å²) >= 11 is 4.75. The molecule has 0 aliphatic heterocycles. The van der Waals surface area contributed by atoms with Gasteiger partial charge in [0.1, 0.15) is 16.5 Å². The molecule has 1 aromatic heterocycles. The molecular weight excluding hydrogens is 317 g/mol. The lowest BCUT2D eigenvalue weighted by Crippen LogP contribution is -2.20. The summed E-state index contributed by atoms with van der Waals surface area (Å²) in [4.78, 5) is -0.342. The van der Waals surface area contributed by atoms with E-state index in [9.17, 15) is 12.8 Å². The van der Waals surface area contributed by atoms with Crippen LogP contribution in [0.15, 0.2) is 27.6 Å². The normalized spacial score (nSPS) is 11.4. The van der Waals surface area contributed by atoms with Crippen molar-refractivity contribution in [3.8, 4) is 0 Å². The molecule has 2 rings (SSSR count). The van der Waals surface area contributed by atoms with Gasteiger partial charge < -0.3 is 10.3 Å². The van der Waals surface area contributed by atoms with E-state index in [2.05, 4.69) is 9.88 Å². The van der Waals surface area contributed by atoms with Gasteiger partial charge in [0.15, 0.2) is 10.7 Å². The number of aryl methyl sites for hydroxylation is 2. The Morgan fingerprint density at radius 2 is 2.10 bits per heavy atom. The van der Waals surface area contributed by atoms with Crippen molar-refractivity contribution in [2.75, 3.05) is 4.72 Å². The maximum absolute atomic E-state index is 13.7. The molecular formula is C12H12FN3O3S2. The largest absolute Gasteiger partial charge is 0.389 e. The van der Waals surface area contributed by atoms with Crippen LogP contribution in [0.2, 0.25) is 0 Å². The Balaban J connectivity index is 2.53. The van der Waals surface area contributed by atoms with E-state index in [1.807, 2.05) is 0 Å². The van der Waals surface area contributed by atoms with Gasteiger partial charge in [0.2, 0.25) is 0 Å². The van der Waals surface area contributed by atoms with Crippen LogP contribution < -0.4 is 10.5 Å². The fraction of sp³-hybridized carbons (Fsp3) is 0.167. The summed E-state index contributed by atoms with van der Waals surface area (Å²) in [5.74, 6) is -0.574. The van der Waals surface area contributed by atoms with Gasteiger partial charge in [-0.25, -0.2) is 12.8 Å². The quantitative estimate of drug-likeness (QED) is 0.831. The minimum atomic E-state index is -3.99.